The van der Waals surface area contributed by atoms with Gasteiger partial charge in [0.1, 0.15) is 6.23 Å². The maximum Gasteiger partial charge on any atom is 0.258 e. The molecule has 0 aliphatic carbocycles. The van der Waals surface area contributed by atoms with Crippen molar-refractivity contribution in [1.82, 2.24) is 4.90 Å². The number of rotatable bonds is 2. The molecule has 1 aromatic carbocycles. The summed E-state index contributed by atoms with van der Waals surface area (Å²) in [6.45, 7) is 0. The highest BCUT2D eigenvalue weighted by Crippen LogP contribution is 2.38. The number of fused-ring (bicyclic) bond motifs is 2. The molecule has 2 aliphatic rings. The molecule has 0 bridgehead atoms. The van der Waals surface area contributed by atoms with Gasteiger partial charge in [0.05, 0.1) is 24.4 Å². The molecule has 1 fully saturated rings. The minimum Gasteiger partial charge on any atom is -0.504 e. The first-order chi connectivity index (χ1) is 9.65. The minimum atomic E-state index is -0.232. The van der Waals surface area contributed by atoms with E-state index in [-0.39, 0.29) is 29.7 Å². The molecule has 1 saturated heterocycles. The molecule has 6 nitrogen and oxygen atoms in total. The largest absolute Gasteiger partial charge is 0.504 e. The highest BCUT2D eigenvalue weighted by molar-refractivity contribution is 6.03. The number of hydrogen-bond acceptors (Lipinski definition) is 5. The van der Waals surface area contributed by atoms with Gasteiger partial charge in [0.2, 0.25) is 0 Å². The molecule has 0 aromatic heterocycles. The highest BCUT2D eigenvalue weighted by Gasteiger charge is 2.39. The van der Waals surface area contributed by atoms with E-state index in [9.17, 15) is 9.90 Å². The predicted molar refractivity (Wildman–Crippen MR) is 72.8 cm³/mol. The Bertz CT molecular complexity index is 585. The van der Waals surface area contributed by atoms with Gasteiger partial charge < -0.3 is 19.5 Å². The van der Waals surface area contributed by atoms with E-state index in [0.29, 0.717) is 11.3 Å². The van der Waals surface area contributed by atoms with Crippen LogP contribution in [0.1, 0.15) is 23.2 Å². The van der Waals surface area contributed by atoms with Crippen molar-refractivity contribution in [1.29, 1.82) is 0 Å². The number of benzene rings is 1. The smallest absolute Gasteiger partial charge is 0.258 e. The Balaban J connectivity index is 2.09. The molecule has 2 aliphatic heterocycles. The monoisotopic (exact) mass is 276 g/mol. The first kappa shape index (κ1) is 12.9. The topological polar surface area (TPSA) is 71.4 Å². The molecule has 0 spiro atoms. The van der Waals surface area contributed by atoms with Crippen molar-refractivity contribution in [2.24, 2.45) is 4.99 Å². The number of amides is 1. The Hall–Kier alpha value is -2.08. The Labute approximate surface area is 116 Å². The van der Waals surface area contributed by atoms with Crippen LogP contribution in [0, 0.1) is 0 Å². The average Bonchev–Trinajstić information content (AvgIpc) is 2.81. The second-order valence-corrected chi connectivity index (χ2v) is 4.87. The summed E-state index contributed by atoms with van der Waals surface area (Å²) in [5, 5.41) is 9.80. The lowest BCUT2D eigenvalue weighted by Gasteiger charge is -2.26. The number of nitrogens with zero attached hydrogens (tertiary/aromatic N) is 2. The summed E-state index contributed by atoms with van der Waals surface area (Å²) in [5.41, 5.74) is 0.875. The normalized spacial score (nSPS) is 24.3. The average molecular weight is 276 g/mol. The first-order valence-corrected chi connectivity index (χ1v) is 6.46. The van der Waals surface area contributed by atoms with Gasteiger partial charge in [0.25, 0.3) is 5.91 Å². The van der Waals surface area contributed by atoms with E-state index in [4.69, 9.17) is 9.47 Å². The summed E-state index contributed by atoms with van der Waals surface area (Å²) in [4.78, 5) is 18.7. The number of hydrogen-bond donors (Lipinski definition) is 1. The van der Waals surface area contributed by atoms with Crippen molar-refractivity contribution in [3.63, 3.8) is 0 Å². The molecule has 1 unspecified atom stereocenters. The van der Waals surface area contributed by atoms with Gasteiger partial charge in [0.15, 0.2) is 11.5 Å². The standard InChI is InChI=1S/C14H16N2O4/c1-19-12-5-9-10(6-11(12)17)15-7-8-3-4-13(20-2)16(8)14(9)18/h5-8,13,17H,3-4H2,1-2H3/t8?,13-/m0/s1. The molecule has 3 rings (SSSR count). The fraction of sp³-hybridized carbons (Fsp3) is 0.429. The lowest BCUT2D eigenvalue weighted by Crippen LogP contribution is -2.42. The fourth-order valence-corrected chi connectivity index (χ4v) is 2.77. The van der Waals surface area contributed by atoms with Crippen LogP contribution in [0.5, 0.6) is 11.5 Å². The van der Waals surface area contributed by atoms with E-state index in [1.807, 2.05) is 0 Å². The molecule has 6 heteroatoms. The number of aliphatic imine (C=N–C) groups is 1. The van der Waals surface area contributed by atoms with E-state index < -0.39 is 0 Å². The molecular formula is C14H16N2O4. The molecular weight excluding hydrogens is 260 g/mol. The predicted octanol–water partition coefficient (Wildman–Crippen LogP) is 1.69. The van der Waals surface area contributed by atoms with Gasteiger partial charge in [-0.1, -0.05) is 0 Å². The van der Waals surface area contributed by atoms with Gasteiger partial charge in [-0.05, 0) is 18.9 Å². The number of aromatic hydroxyl groups is 1. The van der Waals surface area contributed by atoms with E-state index in [2.05, 4.69) is 4.99 Å². The van der Waals surface area contributed by atoms with E-state index >= 15 is 0 Å². The molecule has 2 heterocycles. The lowest BCUT2D eigenvalue weighted by molar-refractivity contribution is -0.00271. The van der Waals surface area contributed by atoms with Crippen LogP contribution in [0.3, 0.4) is 0 Å². The van der Waals surface area contributed by atoms with Crippen LogP contribution < -0.4 is 4.74 Å². The summed E-state index contributed by atoms with van der Waals surface area (Å²) in [7, 11) is 3.04. The van der Waals surface area contributed by atoms with Crippen molar-refractivity contribution in [2.45, 2.75) is 25.1 Å². The van der Waals surface area contributed by atoms with Crippen molar-refractivity contribution in [3.8, 4) is 11.5 Å². The lowest BCUT2D eigenvalue weighted by atomic mass is 10.1. The van der Waals surface area contributed by atoms with Crippen molar-refractivity contribution < 1.29 is 19.4 Å². The quantitative estimate of drug-likeness (QED) is 0.892. The van der Waals surface area contributed by atoms with Gasteiger partial charge in [-0.3, -0.25) is 9.79 Å². The number of ether oxygens (including phenoxy) is 2. The number of methoxy groups -OCH3 is 2. The molecule has 20 heavy (non-hydrogen) atoms. The zero-order valence-corrected chi connectivity index (χ0v) is 11.4. The summed E-state index contributed by atoms with van der Waals surface area (Å²) in [6.07, 6.45) is 3.13. The maximum atomic E-state index is 12.7. The van der Waals surface area contributed by atoms with Crippen molar-refractivity contribution >= 4 is 17.8 Å². The second-order valence-electron chi connectivity index (χ2n) is 4.87. The Morgan fingerprint density at radius 3 is 2.85 bits per heavy atom. The summed E-state index contributed by atoms with van der Waals surface area (Å²) in [5.74, 6) is 0.0885. The zero-order chi connectivity index (χ0) is 14.3. The summed E-state index contributed by atoms with van der Waals surface area (Å²) in [6, 6.07) is 2.91. The van der Waals surface area contributed by atoms with Gasteiger partial charge in [-0.25, -0.2) is 0 Å². The van der Waals surface area contributed by atoms with Crippen LogP contribution in [0.2, 0.25) is 0 Å². The van der Waals surface area contributed by atoms with Crippen molar-refractivity contribution in [2.75, 3.05) is 14.2 Å². The highest BCUT2D eigenvalue weighted by atomic mass is 16.5. The SMILES string of the molecule is COc1cc2c(cc1O)N=CC1CC[C@H](OC)N1C2=O. The Morgan fingerprint density at radius 1 is 1.35 bits per heavy atom. The van der Waals surface area contributed by atoms with Gasteiger partial charge in [-0.15, -0.1) is 0 Å². The maximum absolute atomic E-state index is 12.7. The van der Waals surface area contributed by atoms with Gasteiger partial charge >= 0.3 is 0 Å². The molecule has 0 saturated carbocycles. The molecule has 1 N–H and O–H groups in total. The van der Waals surface area contributed by atoms with Crippen LogP contribution in [-0.2, 0) is 4.74 Å². The van der Waals surface area contributed by atoms with Crippen molar-refractivity contribution in [3.05, 3.63) is 17.7 Å². The number of phenolic OH excluding ortho intramolecular Hbond substituents is 1. The number of carbonyl (C=O) groups is 1. The van der Waals surface area contributed by atoms with Gasteiger partial charge in [-0.2, -0.15) is 0 Å². The molecule has 0 radical (unpaired) electrons. The number of carbonyl (C=O) groups excluding carboxylic acids is 1. The fourth-order valence-electron chi connectivity index (χ4n) is 2.77. The number of phenols is 1. The third kappa shape index (κ3) is 1.84. The molecule has 106 valence electrons. The molecule has 1 aromatic rings. The third-order valence-electron chi connectivity index (χ3n) is 3.80. The van der Waals surface area contributed by atoms with Crippen LogP contribution in [0.15, 0.2) is 17.1 Å². The zero-order valence-electron chi connectivity index (χ0n) is 11.4. The minimum absolute atomic E-state index is 0.0263. The Morgan fingerprint density at radius 2 is 2.15 bits per heavy atom. The van der Waals surface area contributed by atoms with Crippen LogP contribution in [-0.4, -0.2) is 48.6 Å². The van der Waals surface area contributed by atoms with Crippen LogP contribution >= 0.6 is 0 Å². The van der Waals surface area contributed by atoms with Crippen LogP contribution in [0.4, 0.5) is 5.69 Å². The van der Waals surface area contributed by atoms with E-state index in [0.717, 1.165) is 12.8 Å². The third-order valence-corrected chi connectivity index (χ3v) is 3.80. The second kappa shape index (κ2) is 4.79. The van der Waals surface area contributed by atoms with E-state index in [1.54, 1.807) is 18.2 Å². The Kier molecular flexibility index (Phi) is 3.10. The molecule has 2 atom stereocenters. The molecule has 1 amide bonds. The van der Waals surface area contributed by atoms with Crippen LogP contribution in [0.25, 0.3) is 0 Å². The summed E-state index contributed by atoms with van der Waals surface area (Å²) < 4.78 is 10.4. The first-order valence-electron chi connectivity index (χ1n) is 6.46. The van der Waals surface area contributed by atoms with Gasteiger partial charge in [0, 0.05) is 19.4 Å². The summed E-state index contributed by atoms with van der Waals surface area (Å²) >= 11 is 0. The van der Waals surface area contributed by atoms with E-state index in [1.165, 1.54) is 19.2 Å².